The van der Waals surface area contributed by atoms with Crippen molar-refractivity contribution in [3.8, 4) is 0 Å². The maximum atomic E-state index is 10.8. The van der Waals surface area contributed by atoms with Crippen molar-refractivity contribution in [3.05, 3.63) is 12.2 Å². The Morgan fingerprint density at radius 2 is 2.15 bits per heavy atom. The highest BCUT2D eigenvalue weighted by atomic mass is 16.5. The molecule has 0 saturated heterocycles. The summed E-state index contributed by atoms with van der Waals surface area (Å²) >= 11 is 0. The molecule has 3 nitrogen and oxygen atoms in total. The molecule has 0 aliphatic carbocycles. The first kappa shape index (κ1) is 12.2. The molecule has 0 fully saturated rings. The van der Waals surface area contributed by atoms with Gasteiger partial charge in [-0.1, -0.05) is 13.8 Å². The van der Waals surface area contributed by atoms with E-state index in [1.165, 1.54) is 12.2 Å². The zero-order valence-corrected chi connectivity index (χ0v) is 8.49. The van der Waals surface area contributed by atoms with Gasteiger partial charge >= 0.3 is 5.97 Å². The minimum absolute atomic E-state index is 0.365. The Balaban J connectivity index is 3.75. The van der Waals surface area contributed by atoms with Crippen LogP contribution in [-0.2, 0) is 9.53 Å². The number of ether oxygens (including phenoxy) is 1. The molecule has 0 bridgehead atoms. The Bertz CT molecular complexity index is 173. The molecule has 0 radical (unpaired) electrons. The van der Waals surface area contributed by atoms with Crippen molar-refractivity contribution in [1.82, 2.24) is 0 Å². The normalized spacial score (nSPS) is 13.6. The van der Waals surface area contributed by atoms with E-state index in [-0.39, 0.29) is 0 Å². The van der Waals surface area contributed by atoms with Gasteiger partial charge < -0.3 is 9.84 Å². The number of esters is 1. The van der Waals surface area contributed by atoms with Crippen LogP contribution in [0.15, 0.2) is 12.2 Å². The van der Waals surface area contributed by atoms with Gasteiger partial charge in [-0.25, -0.2) is 4.79 Å². The summed E-state index contributed by atoms with van der Waals surface area (Å²) in [4.78, 5) is 10.8. The molecule has 1 N–H and O–H groups in total. The molecule has 0 rings (SSSR count). The van der Waals surface area contributed by atoms with Crippen LogP contribution in [0.5, 0.6) is 0 Å². The monoisotopic (exact) mass is 186 g/mol. The van der Waals surface area contributed by atoms with Gasteiger partial charge in [0.25, 0.3) is 0 Å². The Kier molecular flexibility index (Phi) is 6.24. The van der Waals surface area contributed by atoms with Gasteiger partial charge in [-0.05, 0) is 25.3 Å². The van der Waals surface area contributed by atoms with Crippen LogP contribution < -0.4 is 0 Å². The Hall–Kier alpha value is -0.830. The van der Waals surface area contributed by atoms with Crippen LogP contribution in [0.25, 0.3) is 0 Å². The maximum Gasteiger partial charge on any atom is 0.330 e. The second kappa shape index (κ2) is 6.66. The smallest absolute Gasteiger partial charge is 0.330 e. The molecule has 0 aliphatic rings. The van der Waals surface area contributed by atoms with E-state index >= 15 is 0 Å². The van der Waals surface area contributed by atoms with Gasteiger partial charge in [0.2, 0.25) is 0 Å². The van der Waals surface area contributed by atoms with Gasteiger partial charge in [0.05, 0.1) is 12.7 Å². The summed E-state index contributed by atoms with van der Waals surface area (Å²) < 4.78 is 4.66. The summed E-state index contributed by atoms with van der Waals surface area (Å²) in [5.41, 5.74) is 0. The van der Waals surface area contributed by atoms with E-state index in [2.05, 4.69) is 4.74 Å². The van der Waals surface area contributed by atoms with Crippen LogP contribution in [0.2, 0.25) is 0 Å². The lowest BCUT2D eigenvalue weighted by Gasteiger charge is -2.07. The number of rotatable bonds is 5. The van der Waals surface area contributed by atoms with Gasteiger partial charge in [0.15, 0.2) is 0 Å². The van der Waals surface area contributed by atoms with Gasteiger partial charge in [-0.15, -0.1) is 0 Å². The van der Waals surface area contributed by atoms with Gasteiger partial charge in [0, 0.05) is 6.08 Å². The third-order valence-corrected chi connectivity index (χ3v) is 1.45. The van der Waals surface area contributed by atoms with Crippen molar-refractivity contribution < 1.29 is 14.6 Å². The third-order valence-electron chi connectivity index (χ3n) is 1.45. The number of hydrogen-bond donors (Lipinski definition) is 1. The predicted molar refractivity (Wildman–Crippen MR) is 51.2 cm³/mol. The van der Waals surface area contributed by atoms with Gasteiger partial charge in [-0.3, -0.25) is 0 Å². The highest BCUT2D eigenvalue weighted by Crippen LogP contribution is 2.05. The SMILES string of the molecule is CCOC(=O)/C=C/C(O)CC(C)C. The fourth-order valence-corrected chi connectivity index (χ4v) is 0.942. The molecule has 3 heteroatoms. The Morgan fingerprint density at radius 3 is 2.62 bits per heavy atom. The summed E-state index contributed by atoms with van der Waals surface area (Å²) in [5.74, 6) is 0.0205. The lowest BCUT2D eigenvalue weighted by Crippen LogP contribution is -2.08. The quantitative estimate of drug-likeness (QED) is 0.523. The minimum atomic E-state index is -0.551. The number of aliphatic hydroxyl groups excluding tert-OH is 1. The van der Waals surface area contributed by atoms with E-state index in [1.807, 2.05) is 13.8 Å². The molecule has 1 unspecified atom stereocenters. The van der Waals surface area contributed by atoms with Crippen LogP contribution in [0.4, 0.5) is 0 Å². The van der Waals surface area contributed by atoms with Crippen molar-refractivity contribution in [1.29, 1.82) is 0 Å². The van der Waals surface area contributed by atoms with E-state index in [0.717, 1.165) is 0 Å². The molecule has 0 saturated carbocycles. The first-order valence-corrected chi connectivity index (χ1v) is 4.59. The van der Waals surface area contributed by atoms with E-state index in [0.29, 0.717) is 18.9 Å². The summed E-state index contributed by atoms with van der Waals surface area (Å²) in [6.45, 7) is 6.14. The van der Waals surface area contributed by atoms with Crippen LogP contribution >= 0.6 is 0 Å². The van der Waals surface area contributed by atoms with Crippen molar-refractivity contribution in [3.63, 3.8) is 0 Å². The van der Waals surface area contributed by atoms with E-state index < -0.39 is 12.1 Å². The molecule has 1 atom stereocenters. The first-order chi connectivity index (χ1) is 6.06. The summed E-state index contributed by atoms with van der Waals surface area (Å²) in [6, 6.07) is 0. The van der Waals surface area contributed by atoms with Gasteiger partial charge in [-0.2, -0.15) is 0 Å². The average molecular weight is 186 g/mol. The third kappa shape index (κ3) is 7.53. The molecule has 13 heavy (non-hydrogen) atoms. The molecular formula is C10H18O3. The summed E-state index contributed by atoms with van der Waals surface area (Å²) in [7, 11) is 0. The van der Waals surface area contributed by atoms with E-state index in [4.69, 9.17) is 0 Å². The number of hydrogen-bond acceptors (Lipinski definition) is 3. The fourth-order valence-electron chi connectivity index (χ4n) is 0.942. The van der Waals surface area contributed by atoms with Crippen LogP contribution in [-0.4, -0.2) is 23.8 Å². The van der Waals surface area contributed by atoms with Crippen LogP contribution in [0.3, 0.4) is 0 Å². The molecule has 0 aliphatic heterocycles. The summed E-state index contributed by atoms with van der Waals surface area (Å²) in [6.07, 6.45) is 2.86. The van der Waals surface area contributed by atoms with Crippen molar-refractivity contribution in [2.24, 2.45) is 5.92 Å². The Labute approximate surface area is 79.4 Å². The van der Waals surface area contributed by atoms with Crippen molar-refractivity contribution in [2.45, 2.75) is 33.3 Å². The fraction of sp³-hybridized carbons (Fsp3) is 0.700. The van der Waals surface area contributed by atoms with E-state index in [1.54, 1.807) is 6.92 Å². The number of carbonyl (C=O) groups is 1. The zero-order chi connectivity index (χ0) is 10.3. The van der Waals surface area contributed by atoms with Crippen molar-refractivity contribution >= 4 is 5.97 Å². The molecule has 0 spiro atoms. The molecular weight excluding hydrogens is 168 g/mol. The lowest BCUT2D eigenvalue weighted by atomic mass is 10.1. The highest BCUT2D eigenvalue weighted by molar-refractivity contribution is 5.81. The van der Waals surface area contributed by atoms with E-state index in [9.17, 15) is 9.90 Å². The second-order valence-corrected chi connectivity index (χ2v) is 3.31. The topological polar surface area (TPSA) is 46.5 Å². The van der Waals surface area contributed by atoms with Gasteiger partial charge in [0.1, 0.15) is 0 Å². The summed E-state index contributed by atoms with van der Waals surface area (Å²) in [5, 5.41) is 9.34. The zero-order valence-electron chi connectivity index (χ0n) is 8.49. The number of carbonyl (C=O) groups excluding carboxylic acids is 1. The molecule has 0 heterocycles. The highest BCUT2D eigenvalue weighted by Gasteiger charge is 2.03. The minimum Gasteiger partial charge on any atom is -0.463 e. The predicted octanol–water partition coefficient (Wildman–Crippen LogP) is 1.51. The molecule has 76 valence electrons. The average Bonchev–Trinajstić information content (AvgIpc) is 2.00. The molecule has 0 aromatic heterocycles. The number of aliphatic hydroxyl groups is 1. The molecule has 0 aromatic rings. The maximum absolute atomic E-state index is 10.8. The van der Waals surface area contributed by atoms with Crippen molar-refractivity contribution in [2.75, 3.05) is 6.61 Å². The molecule has 0 amide bonds. The standard InChI is InChI=1S/C10H18O3/c1-4-13-10(12)6-5-9(11)7-8(2)3/h5-6,8-9,11H,4,7H2,1-3H3/b6-5+. The lowest BCUT2D eigenvalue weighted by molar-refractivity contribution is -0.137. The van der Waals surface area contributed by atoms with Crippen LogP contribution in [0, 0.1) is 5.92 Å². The second-order valence-electron chi connectivity index (χ2n) is 3.31. The Morgan fingerprint density at radius 1 is 1.54 bits per heavy atom. The van der Waals surface area contributed by atoms with Crippen LogP contribution in [0.1, 0.15) is 27.2 Å². The largest absolute Gasteiger partial charge is 0.463 e. The first-order valence-electron chi connectivity index (χ1n) is 4.59. The molecule has 0 aromatic carbocycles.